The quantitative estimate of drug-likeness (QED) is 0.257. The van der Waals surface area contributed by atoms with E-state index in [4.69, 9.17) is 4.42 Å². The zero-order chi connectivity index (χ0) is 22.5. The van der Waals surface area contributed by atoms with Crippen LogP contribution in [0.4, 0.5) is 17.1 Å². The lowest BCUT2D eigenvalue weighted by Crippen LogP contribution is -2.09. The Morgan fingerprint density at radius 1 is 0.382 bits per heavy atom. The van der Waals surface area contributed by atoms with Crippen LogP contribution in [0.25, 0.3) is 43.5 Å². The summed E-state index contributed by atoms with van der Waals surface area (Å²) >= 11 is 0. The molecule has 0 fully saturated rings. The fraction of sp³-hybridized carbons (Fsp3) is 0. The van der Waals surface area contributed by atoms with Crippen LogP contribution in [-0.2, 0) is 0 Å². The van der Waals surface area contributed by atoms with Crippen LogP contribution in [0.1, 0.15) is 0 Å². The zero-order valence-electron chi connectivity index (χ0n) is 18.5. The first-order chi connectivity index (χ1) is 16.8. The first-order valence-corrected chi connectivity index (χ1v) is 11.5. The molecule has 7 aromatic rings. The molecule has 1 heterocycles. The minimum atomic E-state index is 0.928. The van der Waals surface area contributed by atoms with E-state index in [1.807, 2.05) is 12.1 Å². The summed E-state index contributed by atoms with van der Waals surface area (Å²) in [6.07, 6.45) is 0. The van der Waals surface area contributed by atoms with Crippen molar-refractivity contribution in [2.75, 3.05) is 4.90 Å². The number of rotatable bonds is 3. The second-order valence-electron chi connectivity index (χ2n) is 8.65. The van der Waals surface area contributed by atoms with E-state index in [1.54, 1.807) is 0 Å². The van der Waals surface area contributed by atoms with E-state index in [1.165, 1.54) is 21.5 Å². The van der Waals surface area contributed by atoms with E-state index >= 15 is 0 Å². The molecule has 0 atom stereocenters. The average Bonchev–Trinajstić information content (AvgIpc) is 3.26. The van der Waals surface area contributed by atoms with Gasteiger partial charge < -0.3 is 9.32 Å². The highest BCUT2D eigenvalue weighted by atomic mass is 16.3. The highest BCUT2D eigenvalue weighted by Gasteiger charge is 2.14. The molecule has 0 aliphatic carbocycles. The summed E-state index contributed by atoms with van der Waals surface area (Å²) in [7, 11) is 0. The van der Waals surface area contributed by atoms with Crippen molar-refractivity contribution in [1.82, 2.24) is 0 Å². The molecule has 1 aromatic heterocycles. The van der Waals surface area contributed by atoms with Crippen LogP contribution in [0.15, 0.2) is 132 Å². The van der Waals surface area contributed by atoms with Crippen LogP contribution in [0.3, 0.4) is 0 Å². The van der Waals surface area contributed by atoms with E-state index in [9.17, 15) is 0 Å². The van der Waals surface area contributed by atoms with Crippen molar-refractivity contribution in [3.05, 3.63) is 127 Å². The SMILES string of the molecule is c1ccc(N(c2ccccc2)c2ccc3ccc4cc5oc6ccccc6c5cc4c3c2)cc1. The zero-order valence-corrected chi connectivity index (χ0v) is 18.5. The van der Waals surface area contributed by atoms with Gasteiger partial charge in [-0.1, -0.05) is 72.8 Å². The molecule has 160 valence electrons. The van der Waals surface area contributed by atoms with Crippen molar-refractivity contribution in [1.29, 1.82) is 0 Å². The second kappa shape index (κ2) is 7.50. The number of hydrogen-bond donors (Lipinski definition) is 0. The molecule has 0 saturated heterocycles. The van der Waals surface area contributed by atoms with Gasteiger partial charge in [-0.3, -0.25) is 0 Å². The first-order valence-electron chi connectivity index (χ1n) is 11.5. The van der Waals surface area contributed by atoms with Gasteiger partial charge in [0.15, 0.2) is 0 Å². The lowest BCUT2D eigenvalue weighted by atomic mass is 9.99. The number of anilines is 3. The molecule has 2 heteroatoms. The summed E-state index contributed by atoms with van der Waals surface area (Å²) < 4.78 is 6.14. The van der Waals surface area contributed by atoms with Gasteiger partial charge in [-0.05, 0) is 76.1 Å². The van der Waals surface area contributed by atoms with Crippen molar-refractivity contribution in [2.24, 2.45) is 0 Å². The summed E-state index contributed by atoms with van der Waals surface area (Å²) in [4.78, 5) is 2.31. The number of furan rings is 1. The summed E-state index contributed by atoms with van der Waals surface area (Å²) in [5, 5.41) is 7.19. The molecule has 7 rings (SSSR count). The monoisotopic (exact) mass is 435 g/mol. The van der Waals surface area contributed by atoms with Crippen LogP contribution in [0, 0.1) is 0 Å². The van der Waals surface area contributed by atoms with E-state index in [0.717, 1.165) is 39.0 Å². The largest absolute Gasteiger partial charge is 0.456 e. The Bertz CT molecular complexity index is 1760. The van der Waals surface area contributed by atoms with Gasteiger partial charge in [-0.25, -0.2) is 0 Å². The maximum atomic E-state index is 6.14. The lowest BCUT2D eigenvalue weighted by Gasteiger charge is -2.25. The predicted molar refractivity (Wildman–Crippen MR) is 143 cm³/mol. The van der Waals surface area contributed by atoms with Crippen molar-refractivity contribution < 1.29 is 4.42 Å². The van der Waals surface area contributed by atoms with Crippen LogP contribution in [0.5, 0.6) is 0 Å². The van der Waals surface area contributed by atoms with E-state index in [-0.39, 0.29) is 0 Å². The van der Waals surface area contributed by atoms with Gasteiger partial charge in [-0.15, -0.1) is 0 Å². The second-order valence-corrected chi connectivity index (χ2v) is 8.65. The van der Waals surface area contributed by atoms with Crippen molar-refractivity contribution in [2.45, 2.75) is 0 Å². The van der Waals surface area contributed by atoms with Crippen LogP contribution >= 0.6 is 0 Å². The molecule has 0 spiro atoms. The molecule has 0 aliphatic rings. The van der Waals surface area contributed by atoms with Crippen LogP contribution < -0.4 is 4.90 Å². The molecule has 0 bridgehead atoms. The molecule has 0 amide bonds. The topological polar surface area (TPSA) is 16.4 Å². The molecular formula is C32H21NO. The smallest absolute Gasteiger partial charge is 0.136 e. The summed E-state index contributed by atoms with van der Waals surface area (Å²) in [5.74, 6) is 0. The number of nitrogens with zero attached hydrogens (tertiary/aromatic N) is 1. The number of para-hydroxylation sites is 3. The fourth-order valence-corrected chi connectivity index (χ4v) is 5.00. The Kier molecular flexibility index (Phi) is 4.18. The van der Waals surface area contributed by atoms with Crippen LogP contribution in [0.2, 0.25) is 0 Å². The number of benzene rings is 6. The number of fused-ring (bicyclic) bond motifs is 6. The maximum Gasteiger partial charge on any atom is 0.136 e. The molecular weight excluding hydrogens is 414 g/mol. The summed E-state index contributed by atoms with van der Waals surface area (Å²) in [6, 6.07) is 44.9. The summed E-state index contributed by atoms with van der Waals surface area (Å²) in [6.45, 7) is 0. The molecule has 6 aromatic carbocycles. The third-order valence-electron chi connectivity index (χ3n) is 6.61. The maximum absolute atomic E-state index is 6.14. The van der Waals surface area contributed by atoms with Crippen molar-refractivity contribution >= 4 is 60.5 Å². The van der Waals surface area contributed by atoms with Crippen LogP contribution in [-0.4, -0.2) is 0 Å². The fourth-order valence-electron chi connectivity index (χ4n) is 5.00. The molecule has 0 saturated carbocycles. The predicted octanol–water partition coefficient (Wildman–Crippen LogP) is 9.36. The minimum Gasteiger partial charge on any atom is -0.456 e. The Morgan fingerprint density at radius 3 is 1.76 bits per heavy atom. The highest BCUT2D eigenvalue weighted by Crippen LogP contribution is 2.39. The Hall–Kier alpha value is -4.56. The summed E-state index contributed by atoms with van der Waals surface area (Å²) in [5.41, 5.74) is 5.26. The lowest BCUT2D eigenvalue weighted by molar-refractivity contribution is 0.669. The molecule has 0 N–H and O–H groups in total. The van der Waals surface area contributed by atoms with Gasteiger partial charge in [-0.2, -0.15) is 0 Å². The van der Waals surface area contributed by atoms with Gasteiger partial charge >= 0.3 is 0 Å². The molecule has 2 nitrogen and oxygen atoms in total. The molecule has 0 aliphatic heterocycles. The normalized spacial score (nSPS) is 11.5. The van der Waals surface area contributed by atoms with Crippen molar-refractivity contribution in [3.8, 4) is 0 Å². The van der Waals surface area contributed by atoms with E-state index in [0.29, 0.717) is 0 Å². The van der Waals surface area contributed by atoms with Gasteiger partial charge in [0, 0.05) is 27.8 Å². The third-order valence-corrected chi connectivity index (χ3v) is 6.61. The Labute approximate surface area is 197 Å². The van der Waals surface area contributed by atoms with E-state index < -0.39 is 0 Å². The van der Waals surface area contributed by atoms with Gasteiger partial charge in [0.05, 0.1) is 0 Å². The molecule has 0 radical (unpaired) electrons. The van der Waals surface area contributed by atoms with Gasteiger partial charge in [0.25, 0.3) is 0 Å². The first kappa shape index (κ1) is 19.0. The average molecular weight is 436 g/mol. The van der Waals surface area contributed by atoms with E-state index in [2.05, 4.69) is 120 Å². The Balaban J connectivity index is 1.51. The highest BCUT2D eigenvalue weighted by molar-refractivity contribution is 6.16. The minimum absolute atomic E-state index is 0.928. The van der Waals surface area contributed by atoms with Gasteiger partial charge in [0.2, 0.25) is 0 Å². The third kappa shape index (κ3) is 2.96. The van der Waals surface area contributed by atoms with Gasteiger partial charge in [0.1, 0.15) is 11.2 Å². The number of hydrogen-bond acceptors (Lipinski definition) is 2. The van der Waals surface area contributed by atoms with Crippen molar-refractivity contribution in [3.63, 3.8) is 0 Å². The molecule has 0 unspecified atom stereocenters. The molecule has 34 heavy (non-hydrogen) atoms. The Morgan fingerprint density at radius 2 is 1.00 bits per heavy atom. The standard InChI is InChI=1S/C32H21NO/c1-3-9-24(10-4-1)33(25-11-5-2-6-12-25)26-18-17-22-15-16-23-19-32-30(21-29(23)28(22)20-26)27-13-7-8-14-31(27)34-32/h1-21H.